The number of hydrogen-bond donors (Lipinski definition) is 3. The van der Waals surface area contributed by atoms with Crippen LogP contribution in [0.15, 0.2) is 21.5 Å². The quantitative estimate of drug-likeness (QED) is 0.672. The number of sulfonamides is 1. The number of primary amides is 1. The Morgan fingerprint density at radius 2 is 2.00 bits per heavy atom. The van der Waals surface area contributed by atoms with Gasteiger partial charge in [-0.25, -0.2) is 17.9 Å². The molecule has 0 unspecified atom stereocenters. The van der Waals surface area contributed by atoms with Gasteiger partial charge in [0.1, 0.15) is 0 Å². The van der Waals surface area contributed by atoms with Crippen LogP contribution in [0.4, 0.5) is 0 Å². The summed E-state index contributed by atoms with van der Waals surface area (Å²) < 4.78 is 26.1. The highest BCUT2D eigenvalue weighted by Crippen LogP contribution is 2.29. The van der Waals surface area contributed by atoms with Crippen molar-refractivity contribution in [3.05, 3.63) is 27.2 Å². The number of hydrogen-bond acceptors (Lipinski definition) is 4. The molecule has 0 aliphatic carbocycles. The van der Waals surface area contributed by atoms with Crippen molar-refractivity contribution in [1.29, 1.82) is 0 Å². The number of nitrogens with two attached hydrogens (primary N) is 1. The van der Waals surface area contributed by atoms with Crippen LogP contribution in [0.1, 0.15) is 16.8 Å². The molecule has 110 valence electrons. The normalized spacial score (nSPS) is 11.3. The van der Waals surface area contributed by atoms with Crippen molar-refractivity contribution in [3.63, 3.8) is 0 Å². The summed E-state index contributed by atoms with van der Waals surface area (Å²) in [4.78, 5) is 21.2. The molecule has 1 amide bonds. The van der Waals surface area contributed by atoms with Crippen LogP contribution in [0.5, 0.6) is 0 Å². The zero-order chi connectivity index (χ0) is 15.5. The Hall–Kier alpha value is -1.16. The molecule has 0 radical (unpaired) electrons. The molecule has 1 aromatic carbocycles. The average Bonchev–Trinajstić information content (AvgIpc) is 2.31. The molecule has 0 spiro atoms. The van der Waals surface area contributed by atoms with E-state index in [1.807, 2.05) is 0 Å². The molecule has 20 heavy (non-hydrogen) atoms. The fourth-order valence-electron chi connectivity index (χ4n) is 1.27. The maximum atomic E-state index is 11.9. The van der Waals surface area contributed by atoms with Crippen LogP contribution in [-0.4, -0.2) is 31.9 Å². The summed E-state index contributed by atoms with van der Waals surface area (Å²) in [6.07, 6.45) is -0.167. The topological polar surface area (TPSA) is 127 Å². The third-order valence-electron chi connectivity index (χ3n) is 2.21. The van der Waals surface area contributed by atoms with E-state index in [9.17, 15) is 18.0 Å². The minimum atomic E-state index is -3.96. The van der Waals surface area contributed by atoms with Crippen molar-refractivity contribution in [2.45, 2.75) is 11.3 Å². The third kappa shape index (κ3) is 4.17. The van der Waals surface area contributed by atoms with Crippen molar-refractivity contribution in [2.24, 2.45) is 5.73 Å². The summed E-state index contributed by atoms with van der Waals surface area (Å²) in [5.41, 5.74) is 4.54. The van der Waals surface area contributed by atoms with Gasteiger partial charge in [-0.05, 0) is 28.1 Å². The Morgan fingerprint density at radius 1 is 1.40 bits per heavy atom. The molecule has 1 rings (SSSR count). The lowest BCUT2D eigenvalue weighted by molar-refractivity contribution is -0.117. The average molecular weight is 386 g/mol. The summed E-state index contributed by atoms with van der Waals surface area (Å²) >= 11 is 8.74. The SMILES string of the molecule is NC(=O)CCNS(=O)(=O)c1cc(Br)c(Cl)c(C(=O)O)c1. The number of amides is 1. The van der Waals surface area contributed by atoms with Crippen LogP contribution >= 0.6 is 27.5 Å². The van der Waals surface area contributed by atoms with Crippen LogP contribution in [0, 0.1) is 0 Å². The Bertz CT molecular complexity index is 662. The number of carboxylic acid groups (broad SMARTS) is 1. The highest BCUT2D eigenvalue weighted by Gasteiger charge is 2.20. The van der Waals surface area contributed by atoms with Gasteiger partial charge in [0.15, 0.2) is 0 Å². The lowest BCUT2D eigenvalue weighted by atomic mass is 10.2. The second kappa shape index (κ2) is 6.53. The Labute approximate surface area is 128 Å². The number of aromatic carboxylic acids is 1. The van der Waals surface area contributed by atoms with E-state index in [-0.39, 0.29) is 32.9 Å². The van der Waals surface area contributed by atoms with Crippen molar-refractivity contribution >= 4 is 49.4 Å². The van der Waals surface area contributed by atoms with E-state index in [0.29, 0.717) is 0 Å². The lowest BCUT2D eigenvalue weighted by Crippen LogP contribution is -2.28. The smallest absolute Gasteiger partial charge is 0.337 e. The molecule has 0 aliphatic heterocycles. The van der Waals surface area contributed by atoms with E-state index in [1.54, 1.807) is 0 Å². The Morgan fingerprint density at radius 3 is 2.50 bits per heavy atom. The first-order valence-corrected chi connectivity index (χ1v) is 7.81. The molecule has 0 saturated heterocycles. The predicted octanol–water partition coefficient (Wildman–Crippen LogP) is 0.954. The second-order valence-corrected chi connectivity index (χ2v) is 6.69. The van der Waals surface area contributed by atoms with Gasteiger partial charge in [-0.15, -0.1) is 0 Å². The predicted molar refractivity (Wildman–Crippen MR) is 75.1 cm³/mol. The van der Waals surface area contributed by atoms with Crippen LogP contribution in [-0.2, 0) is 14.8 Å². The molecule has 0 heterocycles. The molecule has 0 saturated carbocycles. The number of halogens is 2. The highest BCUT2D eigenvalue weighted by atomic mass is 79.9. The minimum absolute atomic E-state index is 0.103. The first kappa shape index (κ1) is 16.9. The van der Waals surface area contributed by atoms with Crippen molar-refractivity contribution in [2.75, 3.05) is 6.54 Å². The van der Waals surface area contributed by atoms with Crippen LogP contribution < -0.4 is 10.5 Å². The van der Waals surface area contributed by atoms with E-state index >= 15 is 0 Å². The summed E-state index contributed by atoms with van der Waals surface area (Å²) in [6.45, 7) is -0.180. The molecular weight excluding hydrogens is 376 g/mol. The van der Waals surface area contributed by atoms with Crippen molar-refractivity contribution in [1.82, 2.24) is 4.72 Å². The molecule has 0 atom stereocenters. The molecular formula is C10H10BrClN2O5S. The first-order valence-electron chi connectivity index (χ1n) is 5.15. The van der Waals surface area contributed by atoms with Crippen LogP contribution in [0.2, 0.25) is 5.02 Å². The van der Waals surface area contributed by atoms with Gasteiger partial charge in [-0.1, -0.05) is 11.6 Å². The fourth-order valence-corrected chi connectivity index (χ4v) is 3.15. The van der Waals surface area contributed by atoms with Gasteiger partial charge in [0, 0.05) is 17.4 Å². The van der Waals surface area contributed by atoms with E-state index in [4.69, 9.17) is 22.4 Å². The van der Waals surface area contributed by atoms with Gasteiger partial charge in [0.25, 0.3) is 0 Å². The maximum absolute atomic E-state index is 11.9. The highest BCUT2D eigenvalue weighted by molar-refractivity contribution is 9.10. The van der Waals surface area contributed by atoms with Crippen LogP contribution in [0.3, 0.4) is 0 Å². The van der Waals surface area contributed by atoms with Gasteiger partial charge < -0.3 is 10.8 Å². The third-order valence-corrected chi connectivity index (χ3v) is 4.91. The lowest BCUT2D eigenvalue weighted by Gasteiger charge is -2.09. The summed E-state index contributed by atoms with van der Waals surface area (Å²) in [5.74, 6) is -2.01. The van der Waals surface area contributed by atoms with Gasteiger partial charge in [-0.2, -0.15) is 0 Å². The zero-order valence-corrected chi connectivity index (χ0v) is 13.0. The number of carbonyl (C=O) groups excluding carboxylic acids is 1. The molecule has 4 N–H and O–H groups in total. The fraction of sp³-hybridized carbons (Fsp3) is 0.200. The van der Waals surface area contributed by atoms with E-state index in [1.165, 1.54) is 6.07 Å². The number of benzene rings is 1. The molecule has 10 heteroatoms. The standard InChI is InChI=1S/C10H10BrClN2O5S/c11-7-4-5(3-6(9(7)12)10(16)17)20(18,19)14-2-1-8(13)15/h3-4,14H,1-2H2,(H2,13,15)(H,16,17). The Kier molecular flexibility index (Phi) is 5.51. The maximum Gasteiger partial charge on any atom is 0.337 e. The summed E-state index contributed by atoms with van der Waals surface area (Å²) in [7, 11) is -3.96. The monoisotopic (exact) mass is 384 g/mol. The van der Waals surface area contributed by atoms with Gasteiger partial charge in [0.05, 0.1) is 15.5 Å². The summed E-state index contributed by atoms with van der Waals surface area (Å²) in [6, 6.07) is 2.10. The molecule has 0 bridgehead atoms. The van der Waals surface area contributed by atoms with E-state index < -0.39 is 21.9 Å². The molecule has 0 aromatic heterocycles. The number of carbonyl (C=O) groups is 2. The molecule has 7 nitrogen and oxygen atoms in total. The number of rotatable bonds is 6. The molecule has 1 aromatic rings. The van der Waals surface area contributed by atoms with Gasteiger partial charge >= 0.3 is 5.97 Å². The van der Waals surface area contributed by atoms with E-state index in [2.05, 4.69) is 20.7 Å². The van der Waals surface area contributed by atoms with Crippen LogP contribution in [0.25, 0.3) is 0 Å². The van der Waals surface area contributed by atoms with Gasteiger partial charge in [0.2, 0.25) is 15.9 Å². The number of carboxylic acids is 1. The Balaban J connectivity index is 3.13. The summed E-state index contributed by atoms with van der Waals surface area (Å²) in [5, 5.41) is 8.84. The van der Waals surface area contributed by atoms with E-state index in [0.717, 1.165) is 6.07 Å². The molecule has 0 aliphatic rings. The first-order chi connectivity index (χ1) is 9.15. The van der Waals surface area contributed by atoms with Gasteiger partial charge in [-0.3, -0.25) is 4.79 Å². The van der Waals surface area contributed by atoms with Crippen molar-refractivity contribution in [3.8, 4) is 0 Å². The minimum Gasteiger partial charge on any atom is -0.478 e. The second-order valence-electron chi connectivity index (χ2n) is 3.69. The number of nitrogens with one attached hydrogen (secondary N) is 1. The largest absolute Gasteiger partial charge is 0.478 e. The zero-order valence-electron chi connectivity index (χ0n) is 9.89. The van der Waals surface area contributed by atoms with Crippen molar-refractivity contribution < 1.29 is 23.1 Å². The molecule has 0 fully saturated rings.